The third-order valence-corrected chi connectivity index (χ3v) is 5.56. The van der Waals surface area contributed by atoms with E-state index < -0.39 is 0 Å². The Morgan fingerprint density at radius 1 is 1.10 bits per heavy atom. The van der Waals surface area contributed by atoms with Crippen molar-refractivity contribution in [3.63, 3.8) is 0 Å². The lowest BCUT2D eigenvalue weighted by atomic mass is 9.93. The van der Waals surface area contributed by atoms with Crippen LogP contribution in [0.2, 0.25) is 5.02 Å². The minimum atomic E-state index is -0.176. The Hall–Kier alpha value is -3.33. The Balaban J connectivity index is 1.15. The molecule has 3 aromatic rings. The molecule has 2 aliphatic rings. The summed E-state index contributed by atoms with van der Waals surface area (Å²) in [5.74, 6) is 1.21. The van der Waals surface area contributed by atoms with Gasteiger partial charge in [0, 0.05) is 11.6 Å². The van der Waals surface area contributed by atoms with Gasteiger partial charge in [-0.3, -0.25) is 9.89 Å². The van der Waals surface area contributed by atoms with Gasteiger partial charge in [-0.05, 0) is 49.9 Å². The number of hydrogen-bond acceptors (Lipinski definition) is 7. The van der Waals surface area contributed by atoms with Crippen molar-refractivity contribution in [3.8, 4) is 28.8 Å². The minimum absolute atomic E-state index is 0.0269. The lowest BCUT2D eigenvalue weighted by molar-refractivity contribution is 0.0880. The SMILES string of the molecule is O=C(NC1CCC(Oc2ncc(Cl)cn2)CC1)c1cc(-c2ccc3c(c2)OCO3)n[nH]1. The fourth-order valence-corrected chi connectivity index (χ4v) is 3.84. The summed E-state index contributed by atoms with van der Waals surface area (Å²) in [6.45, 7) is 0.215. The van der Waals surface area contributed by atoms with Gasteiger partial charge in [-0.2, -0.15) is 5.10 Å². The van der Waals surface area contributed by atoms with E-state index in [1.54, 1.807) is 6.07 Å². The lowest BCUT2D eigenvalue weighted by Crippen LogP contribution is -2.40. The molecule has 0 radical (unpaired) electrons. The van der Waals surface area contributed by atoms with E-state index in [2.05, 4.69) is 25.5 Å². The first kappa shape index (κ1) is 19.6. The molecule has 3 heterocycles. The van der Waals surface area contributed by atoms with E-state index >= 15 is 0 Å². The van der Waals surface area contributed by atoms with Crippen molar-refractivity contribution in [2.75, 3.05) is 6.79 Å². The monoisotopic (exact) mass is 441 g/mol. The Kier molecular flexibility index (Phi) is 5.33. The first-order valence-electron chi connectivity index (χ1n) is 10.0. The molecule has 1 aromatic carbocycles. The second-order valence-corrected chi connectivity index (χ2v) is 7.92. The van der Waals surface area contributed by atoms with E-state index in [0.717, 1.165) is 31.2 Å². The summed E-state index contributed by atoms with van der Waals surface area (Å²) in [5.41, 5.74) is 1.94. The van der Waals surface area contributed by atoms with Gasteiger partial charge in [-0.1, -0.05) is 11.6 Å². The number of carbonyl (C=O) groups is 1. The number of nitrogens with zero attached hydrogens (tertiary/aromatic N) is 3. The van der Waals surface area contributed by atoms with E-state index in [1.165, 1.54) is 12.4 Å². The zero-order valence-electron chi connectivity index (χ0n) is 16.5. The molecule has 5 rings (SSSR count). The number of carbonyl (C=O) groups excluding carboxylic acids is 1. The van der Waals surface area contributed by atoms with E-state index in [4.69, 9.17) is 25.8 Å². The summed E-state index contributed by atoms with van der Waals surface area (Å²) in [7, 11) is 0. The Bertz CT molecular complexity index is 1080. The van der Waals surface area contributed by atoms with Gasteiger partial charge in [-0.25, -0.2) is 9.97 Å². The fourth-order valence-electron chi connectivity index (χ4n) is 3.74. The number of ether oxygens (including phenoxy) is 3. The highest BCUT2D eigenvalue weighted by Gasteiger charge is 2.25. The smallest absolute Gasteiger partial charge is 0.316 e. The van der Waals surface area contributed by atoms with Crippen LogP contribution in [0.5, 0.6) is 17.5 Å². The zero-order chi connectivity index (χ0) is 21.2. The number of amides is 1. The van der Waals surface area contributed by atoms with Crippen LogP contribution in [0.4, 0.5) is 0 Å². The van der Waals surface area contributed by atoms with Gasteiger partial charge in [0.05, 0.1) is 23.1 Å². The van der Waals surface area contributed by atoms with E-state index in [-0.39, 0.29) is 24.8 Å². The van der Waals surface area contributed by atoms with Crippen LogP contribution in [0.15, 0.2) is 36.7 Å². The summed E-state index contributed by atoms with van der Waals surface area (Å²) in [4.78, 5) is 20.8. The Labute approximate surface area is 183 Å². The van der Waals surface area contributed by atoms with Crippen molar-refractivity contribution in [1.82, 2.24) is 25.5 Å². The van der Waals surface area contributed by atoms with Crippen LogP contribution in [0, 0.1) is 0 Å². The highest BCUT2D eigenvalue weighted by atomic mass is 35.5. The van der Waals surface area contributed by atoms with Gasteiger partial charge in [0.2, 0.25) is 6.79 Å². The Morgan fingerprint density at radius 3 is 2.68 bits per heavy atom. The van der Waals surface area contributed by atoms with Crippen molar-refractivity contribution >= 4 is 17.5 Å². The number of H-pyrrole nitrogens is 1. The van der Waals surface area contributed by atoms with Gasteiger partial charge < -0.3 is 19.5 Å². The molecule has 1 amide bonds. The number of benzene rings is 1. The normalized spacial score (nSPS) is 19.8. The van der Waals surface area contributed by atoms with E-state index in [9.17, 15) is 4.79 Å². The van der Waals surface area contributed by atoms with Crippen LogP contribution in [-0.2, 0) is 0 Å². The number of aromatic amines is 1. The molecule has 0 atom stereocenters. The molecule has 2 N–H and O–H groups in total. The maximum absolute atomic E-state index is 12.7. The van der Waals surface area contributed by atoms with E-state index in [0.29, 0.717) is 33.9 Å². The van der Waals surface area contributed by atoms with Crippen molar-refractivity contribution < 1.29 is 19.0 Å². The predicted molar refractivity (Wildman–Crippen MR) is 111 cm³/mol. The molecular weight excluding hydrogens is 422 g/mol. The number of rotatable bonds is 5. The average molecular weight is 442 g/mol. The second kappa shape index (κ2) is 8.43. The van der Waals surface area contributed by atoms with Crippen molar-refractivity contribution in [1.29, 1.82) is 0 Å². The fraction of sp³-hybridized carbons (Fsp3) is 0.333. The molecule has 0 saturated heterocycles. The predicted octanol–water partition coefficient (Wildman–Crippen LogP) is 3.37. The summed E-state index contributed by atoms with van der Waals surface area (Å²) in [5, 5.41) is 10.6. The molecule has 10 heteroatoms. The van der Waals surface area contributed by atoms with Crippen LogP contribution >= 0.6 is 11.6 Å². The molecule has 1 aliphatic heterocycles. The third-order valence-electron chi connectivity index (χ3n) is 5.37. The summed E-state index contributed by atoms with van der Waals surface area (Å²) in [6, 6.07) is 7.71. The van der Waals surface area contributed by atoms with Gasteiger partial charge in [0.1, 0.15) is 11.8 Å². The van der Waals surface area contributed by atoms with Crippen molar-refractivity contribution in [2.24, 2.45) is 0 Å². The third kappa shape index (κ3) is 4.41. The topological polar surface area (TPSA) is 111 Å². The second-order valence-electron chi connectivity index (χ2n) is 7.48. The lowest BCUT2D eigenvalue weighted by Gasteiger charge is -2.28. The first-order valence-corrected chi connectivity index (χ1v) is 10.4. The van der Waals surface area contributed by atoms with Crippen LogP contribution in [0.25, 0.3) is 11.3 Å². The summed E-state index contributed by atoms with van der Waals surface area (Å²) < 4.78 is 16.5. The van der Waals surface area contributed by atoms with Crippen LogP contribution in [0.3, 0.4) is 0 Å². The number of aromatic nitrogens is 4. The van der Waals surface area contributed by atoms with Crippen LogP contribution in [-0.4, -0.2) is 45.0 Å². The molecule has 2 aromatic heterocycles. The van der Waals surface area contributed by atoms with Gasteiger partial charge in [-0.15, -0.1) is 0 Å². The Morgan fingerprint density at radius 2 is 1.87 bits per heavy atom. The van der Waals surface area contributed by atoms with Crippen LogP contribution in [0.1, 0.15) is 36.2 Å². The number of hydrogen-bond donors (Lipinski definition) is 2. The largest absolute Gasteiger partial charge is 0.460 e. The van der Waals surface area contributed by atoms with Crippen molar-refractivity contribution in [3.05, 3.63) is 47.4 Å². The molecule has 160 valence electrons. The van der Waals surface area contributed by atoms with Gasteiger partial charge in [0.15, 0.2) is 11.5 Å². The van der Waals surface area contributed by atoms with Gasteiger partial charge >= 0.3 is 6.01 Å². The highest BCUT2D eigenvalue weighted by Crippen LogP contribution is 2.35. The number of nitrogens with one attached hydrogen (secondary N) is 2. The van der Waals surface area contributed by atoms with Crippen molar-refractivity contribution in [2.45, 2.75) is 37.8 Å². The molecule has 0 bridgehead atoms. The standard InChI is InChI=1S/C21H20ClN5O4/c22-13-9-23-21(24-10-13)31-15-4-2-14(3-5-15)25-20(28)17-8-16(26-27-17)12-1-6-18-19(7-12)30-11-29-18/h1,6-10,14-15H,2-5,11H2,(H,25,28)(H,26,27). The van der Waals surface area contributed by atoms with Gasteiger partial charge in [0.25, 0.3) is 5.91 Å². The zero-order valence-corrected chi connectivity index (χ0v) is 17.3. The maximum atomic E-state index is 12.7. The molecule has 31 heavy (non-hydrogen) atoms. The summed E-state index contributed by atoms with van der Waals surface area (Å²) in [6.07, 6.45) is 6.29. The summed E-state index contributed by atoms with van der Waals surface area (Å²) >= 11 is 5.79. The molecular formula is C21H20ClN5O4. The maximum Gasteiger partial charge on any atom is 0.316 e. The molecule has 9 nitrogen and oxygen atoms in total. The molecule has 1 fully saturated rings. The first-order chi connectivity index (χ1) is 15.1. The molecule has 1 aliphatic carbocycles. The van der Waals surface area contributed by atoms with E-state index in [1.807, 2.05) is 18.2 Å². The average Bonchev–Trinajstić information content (AvgIpc) is 3.46. The number of fused-ring (bicyclic) bond motifs is 1. The molecule has 0 unspecified atom stereocenters. The quantitative estimate of drug-likeness (QED) is 0.624. The molecule has 1 saturated carbocycles. The minimum Gasteiger partial charge on any atom is -0.460 e. The van der Waals surface area contributed by atoms with Crippen LogP contribution < -0.4 is 19.5 Å². The number of halogens is 1. The molecule has 0 spiro atoms. The highest BCUT2D eigenvalue weighted by molar-refractivity contribution is 6.30.